The molecule has 1 spiro atoms. The molecule has 1 saturated heterocycles. The standard InChI is InChI=1S/C21H23N3O4S/c1-27-13-11-23-18-6-4-3-5-17(18)21(19(23)25)24(12-14-29-21)20(26)22-15-7-9-16(28-2)10-8-15/h3-10H,11-14H2,1-2H3,(H,22,26)/t21-/m1/s1. The average molecular weight is 413 g/mol. The number of methoxy groups -OCH3 is 2. The summed E-state index contributed by atoms with van der Waals surface area (Å²) in [7, 11) is 3.21. The van der Waals surface area contributed by atoms with Crippen molar-refractivity contribution in [1.82, 2.24) is 4.90 Å². The Morgan fingerprint density at radius 1 is 1.17 bits per heavy atom. The lowest BCUT2D eigenvalue weighted by Gasteiger charge is -2.33. The van der Waals surface area contributed by atoms with Gasteiger partial charge in [0.15, 0.2) is 4.87 Å². The van der Waals surface area contributed by atoms with Crippen LogP contribution in [0.3, 0.4) is 0 Å². The zero-order chi connectivity index (χ0) is 20.4. The molecule has 8 heteroatoms. The van der Waals surface area contributed by atoms with Crippen molar-refractivity contribution in [2.45, 2.75) is 4.87 Å². The Bertz CT molecular complexity index is 920. The second-order valence-corrected chi connectivity index (χ2v) is 8.06. The van der Waals surface area contributed by atoms with Crippen molar-refractivity contribution in [2.24, 2.45) is 0 Å². The van der Waals surface area contributed by atoms with Crippen LogP contribution in [0.4, 0.5) is 16.2 Å². The topological polar surface area (TPSA) is 71.1 Å². The number of benzene rings is 2. The number of thioether (sulfide) groups is 1. The highest BCUT2D eigenvalue weighted by Gasteiger charge is 2.59. The number of carbonyl (C=O) groups excluding carboxylic acids is 2. The summed E-state index contributed by atoms with van der Waals surface area (Å²) < 4.78 is 10.3. The maximum Gasteiger partial charge on any atom is 0.323 e. The summed E-state index contributed by atoms with van der Waals surface area (Å²) in [4.78, 5) is 29.1. The van der Waals surface area contributed by atoms with E-state index in [1.54, 1.807) is 48.3 Å². The first-order valence-electron chi connectivity index (χ1n) is 9.39. The van der Waals surface area contributed by atoms with Gasteiger partial charge in [0.2, 0.25) is 0 Å². The summed E-state index contributed by atoms with van der Waals surface area (Å²) in [5.74, 6) is 1.31. The third-order valence-corrected chi connectivity index (χ3v) is 6.63. The molecule has 7 nitrogen and oxygen atoms in total. The molecule has 2 aliphatic rings. The second kappa shape index (κ2) is 7.96. The predicted molar refractivity (Wildman–Crippen MR) is 114 cm³/mol. The Hall–Kier alpha value is -2.71. The minimum absolute atomic E-state index is 0.0943. The summed E-state index contributed by atoms with van der Waals surface area (Å²) in [6, 6.07) is 14.5. The number of anilines is 2. The molecule has 2 aromatic carbocycles. The van der Waals surface area contributed by atoms with E-state index in [1.807, 2.05) is 24.3 Å². The lowest BCUT2D eigenvalue weighted by Crippen LogP contribution is -2.52. The van der Waals surface area contributed by atoms with Crippen LogP contribution in [0.5, 0.6) is 5.75 Å². The molecule has 0 aliphatic carbocycles. The molecule has 0 aromatic heterocycles. The predicted octanol–water partition coefficient (Wildman–Crippen LogP) is 3.12. The SMILES string of the molecule is COCCN1C(=O)[C@]2(SCCN2C(=O)Nc2ccc(OC)cc2)c2ccccc21. The summed E-state index contributed by atoms with van der Waals surface area (Å²) in [6.45, 7) is 1.37. The first-order chi connectivity index (χ1) is 14.1. The fraction of sp³-hybridized carbons (Fsp3) is 0.333. The van der Waals surface area contributed by atoms with Gasteiger partial charge in [0.05, 0.1) is 19.4 Å². The summed E-state index contributed by atoms with van der Waals surface area (Å²) in [5.41, 5.74) is 2.34. The van der Waals surface area contributed by atoms with E-state index in [0.29, 0.717) is 36.9 Å². The van der Waals surface area contributed by atoms with Crippen LogP contribution in [0.2, 0.25) is 0 Å². The minimum atomic E-state index is -1.04. The molecular weight excluding hydrogens is 390 g/mol. The second-order valence-electron chi connectivity index (χ2n) is 6.77. The number of fused-ring (bicyclic) bond motifs is 2. The normalized spacial score (nSPS) is 20.3. The van der Waals surface area contributed by atoms with Crippen molar-refractivity contribution in [2.75, 3.05) is 49.9 Å². The van der Waals surface area contributed by atoms with Gasteiger partial charge in [-0.3, -0.25) is 9.69 Å². The quantitative estimate of drug-likeness (QED) is 0.816. The van der Waals surface area contributed by atoms with E-state index in [0.717, 1.165) is 11.3 Å². The van der Waals surface area contributed by atoms with Crippen molar-refractivity contribution in [3.8, 4) is 5.75 Å². The highest BCUT2D eigenvalue weighted by Crippen LogP contribution is 2.54. The molecule has 29 heavy (non-hydrogen) atoms. The Morgan fingerprint density at radius 2 is 1.93 bits per heavy atom. The molecule has 2 heterocycles. The number of para-hydroxylation sites is 1. The van der Waals surface area contributed by atoms with Crippen LogP contribution in [-0.2, 0) is 14.4 Å². The molecule has 0 radical (unpaired) electrons. The molecule has 152 valence electrons. The number of hydrogen-bond donors (Lipinski definition) is 1. The van der Waals surface area contributed by atoms with Crippen molar-refractivity contribution in [3.05, 3.63) is 54.1 Å². The molecule has 3 amide bonds. The molecule has 2 aliphatic heterocycles. The van der Waals surface area contributed by atoms with Gasteiger partial charge in [-0.15, -0.1) is 11.8 Å². The number of ether oxygens (including phenoxy) is 2. The molecule has 1 atom stereocenters. The van der Waals surface area contributed by atoms with Crippen LogP contribution >= 0.6 is 11.8 Å². The van der Waals surface area contributed by atoms with E-state index >= 15 is 0 Å². The largest absolute Gasteiger partial charge is 0.497 e. The van der Waals surface area contributed by atoms with Gasteiger partial charge in [-0.1, -0.05) is 18.2 Å². The first-order valence-corrected chi connectivity index (χ1v) is 10.4. The van der Waals surface area contributed by atoms with Crippen molar-refractivity contribution >= 4 is 35.1 Å². The van der Waals surface area contributed by atoms with Crippen molar-refractivity contribution in [1.29, 1.82) is 0 Å². The average Bonchev–Trinajstić information content (AvgIpc) is 3.29. The van der Waals surface area contributed by atoms with E-state index in [9.17, 15) is 9.59 Å². The van der Waals surface area contributed by atoms with Crippen LogP contribution in [0.15, 0.2) is 48.5 Å². The van der Waals surface area contributed by atoms with Gasteiger partial charge >= 0.3 is 6.03 Å². The van der Waals surface area contributed by atoms with E-state index in [2.05, 4.69) is 5.32 Å². The third-order valence-electron chi connectivity index (χ3n) is 5.21. The number of nitrogens with one attached hydrogen (secondary N) is 1. The molecule has 1 fully saturated rings. The Labute approximate surface area is 174 Å². The Kier molecular flexibility index (Phi) is 5.38. The number of urea groups is 1. The number of amides is 3. The summed E-state index contributed by atoms with van der Waals surface area (Å²) in [6.07, 6.45) is 0. The summed E-state index contributed by atoms with van der Waals surface area (Å²) in [5, 5.41) is 2.92. The molecule has 1 N–H and O–H groups in total. The van der Waals surface area contributed by atoms with E-state index in [-0.39, 0.29) is 11.9 Å². The maximum absolute atomic E-state index is 13.6. The van der Waals surface area contributed by atoms with Gasteiger partial charge < -0.3 is 19.7 Å². The van der Waals surface area contributed by atoms with Crippen molar-refractivity contribution < 1.29 is 19.1 Å². The van der Waals surface area contributed by atoms with Crippen LogP contribution in [0.1, 0.15) is 5.56 Å². The number of nitrogens with zero attached hydrogens (tertiary/aromatic N) is 2. The van der Waals surface area contributed by atoms with E-state index < -0.39 is 4.87 Å². The maximum atomic E-state index is 13.6. The fourth-order valence-electron chi connectivity index (χ4n) is 3.84. The van der Waals surface area contributed by atoms with Gasteiger partial charge in [0.1, 0.15) is 5.75 Å². The zero-order valence-electron chi connectivity index (χ0n) is 16.4. The van der Waals surface area contributed by atoms with Crippen LogP contribution in [0.25, 0.3) is 0 Å². The molecule has 0 bridgehead atoms. The van der Waals surface area contributed by atoms with Crippen LogP contribution in [0, 0.1) is 0 Å². The molecule has 0 unspecified atom stereocenters. The van der Waals surface area contributed by atoms with E-state index in [1.165, 1.54) is 11.8 Å². The number of hydrogen-bond acceptors (Lipinski definition) is 5. The lowest BCUT2D eigenvalue weighted by molar-refractivity contribution is -0.123. The highest BCUT2D eigenvalue weighted by molar-refractivity contribution is 8.01. The van der Waals surface area contributed by atoms with Gasteiger partial charge in [-0.05, 0) is 30.3 Å². The van der Waals surface area contributed by atoms with Gasteiger partial charge in [-0.25, -0.2) is 4.79 Å². The molecule has 0 saturated carbocycles. The fourth-order valence-corrected chi connectivity index (χ4v) is 5.30. The monoisotopic (exact) mass is 413 g/mol. The Balaban J connectivity index is 1.65. The molecular formula is C21H23N3O4S. The third kappa shape index (κ3) is 3.22. The minimum Gasteiger partial charge on any atom is -0.497 e. The number of rotatable bonds is 5. The molecule has 2 aromatic rings. The first kappa shape index (κ1) is 19.6. The zero-order valence-corrected chi connectivity index (χ0v) is 17.2. The van der Waals surface area contributed by atoms with E-state index in [4.69, 9.17) is 9.47 Å². The lowest BCUT2D eigenvalue weighted by atomic mass is 10.1. The van der Waals surface area contributed by atoms with Gasteiger partial charge in [0.25, 0.3) is 5.91 Å². The van der Waals surface area contributed by atoms with Crippen molar-refractivity contribution in [3.63, 3.8) is 0 Å². The van der Waals surface area contributed by atoms with Crippen LogP contribution in [-0.4, -0.2) is 56.5 Å². The number of carbonyl (C=O) groups is 2. The Morgan fingerprint density at radius 3 is 2.66 bits per heavy atom. The van der Waals surface area contributed by atoms with Gasteiger partial charge in [-0.2, -0.15) is 0 Å². The van der Waals surface area contributed by atoms with Crippen LogP contribution < -0.4 is 15.0 Å². The smallest absolute Gasteiger partial charge is 0.323 e. The summed E-state index contributed by atoms with van der Waals surface area (Å²) >= 11 is 1.51. The highest BCUT2D eigenvalue weighted by atomic mass is 32.2. The molecule has 4 rings (SSSR count). The van der Waals surface area contributed by atoms with Gasteiger partial charge in [0, 0.05) is 37.2 Å².